The summed E-state index contributed by atoms with van der Waals surface area (Å²) in [6.45, 7) is 1.67. The van der Waals surface area contributed by atoms with Crippen LogP contribution in [0.5, 0.6) is 0 Å². The smallest absolute Gasteiger partial charge is 0.328 e. The van der Waals surface area contributed by atoms with Gasteiger partial charge in [-0.05, 0) is 19.1 Å². The van der Waals surface area contributed by atoms with Crippen LogP contribution in [0, 0.1) is 0 Å². The van der Waals surface area contributed by atoms with Crippen LogP contribution in [0.1, 0.15) is 6.92 Å². The molecule has 5 nitrogen and oxygen atoms in total. The van der Waals surface area contributed by atoms with Crippen LogP contribution in [0.25, 0.3) is 0 Å². The summed E-state index contributed by atoms with van der Waals surface area (Å²) in [4.78, 5) is 11.0. The van der Waals surface area contributed by atoms with Crippen LogP contribution >= 0.6 is 11.6 Å². The van der Waals surface area contributed by atoms with Crippen LogP contribution < -0.4 is 5.32 Å². The van der Waals surface area contributed by atoms with E-state index in [9.17, 15) is 4.79 Å². The van der Waals surface area contributed by atoms with Gasteiger partial charge in [0.05, 0.1) is 7.11 Å². The highest BCUT2D eigenvalue weighted by Crippen LogP contribution is 2.07. The molecule has 0 amide bonds. The molecule has 0 aliphatic carbocycles. The molecule has 1 N–H and O–H groups in total. The van der Waals surface area contributed by atoms with Crippen LogP contribution in [0.3, 0.4) is 0 Å². The van der Waals surface area contributed by atoms with Crippen molar-refractivity contribution in [1.82, 2.24) is 10.2 Å². The van der Waals surface area contributed by atoms with Crippen LogP contribution in [-0.2, 0) is 9.53 Å². The number of nitrogens with one attached hydrogen (secondary N) is 1. The Hall–Kier alpha value is -1.36. The predicted molar refractivity (Wildman–Crippen MR) is 52.1 cm³/mol. The van der Waals surface area contributed by atoms with Gasteiger partial charge in [-0.1, -0.05) is 11.6 Å². The molecule has 1 heterocycles. The average molecular weight is 216 g/mol. The molecule has 76 valence electrons. The summed E-state index contributed by atoms with van der Waals surface area (Å²) in [5.41, 5.74) is 0. The minimum absolute atomic E-state index is 0.307. The number of esters is 1. The highest BCUT2D eigenvalue weighted by atomic mass is 35.5. The third kappa shape index (κ3) is 2.85. The standard InChI is InChI=1S/C8H10ClN3O2/c1-5(8(13)14-2)10-7-4-3-6(9)11-12-7/h3-5H,1-2H3,(H,10,12). The van der Waals surface area contributed by atoms with Gasteiger partial charge in [0.2, 0.25) is 0 Å². The fourth-order valence-corrected chi connectivity index (χ4v) is 0.951. The zero-order chi connectivity index (χ0) is 10.6. The van der Waals surface area contributed by atoms with E-state index in [1.54, 1.807) is 19.1 Å². The molecule has 14 heavy (non-hydrogen) atoms. The molecule has 1 aromatic heterocycles. The number of aromatic nitrogens is 2. The van der Waals surface area contributed by atoms with E-state index >= 15 is 0 Å². The Morgan fingerprint density at radius 3 is 2.79 bits per heavy atom. The van der Waals surface area contributed by atoms with E-state index in [0.29, 0.717) is 11.0 Å². The fraction of sp³-hybridized carbons (Fsp3) is 0.375. The minimum atomic E-state index is -0.463. The van der Waals surface area contributed by atoms with E-state index in [4.69, 9.17) is 11.6 Å². The first-order chi connectivity index (χ1) is 6.63. The van der Waals surface area contributed by atoms with Gasteiger partial charge in [-0.25, -0.2) is 4.79 Å². The molecule has 0 aliphatic rings. The van der Waals surface area contributed by atoms with Gasteiger partial charge in [-0.2, -0.15) is 0 Å². The quantitative estimate of drug-likeness (QED) is 0.765. The van der Waals surface area contributed by atoms with Crippen LogP contribution in [0.15, 0.2) is 12.1 Å². The molecule has 0 radical (unpaired) electrons. The molecule has 0 aromatic carbocycles. The third-order valence-corrected chi connectivity index (χ3v) is 1.75. The van der Waals surface area contributed by atoms with Crippen molar-refractivity contribution in [3.63, 3.8) is 0 Å². The van der Waals surface area contributed by atoms with Crippen molar-refractivity contribution in [2.45, 2.75) is 13.0 Å². The van der Waals surface area contributed by atoms with Gasteiger partial charge in [-0.15, -0.1) is 10.2 Å². The van der Waals surface area contributed by atoms with Crippen molar-refractivity contribution in [2.75, 3.05) is 12.4 Å². The van der Waals surface area contributed by atoms with Crippen molar-refractivity contribution >= 4 is 23.4 Å². The summed E-state index contributed by atoms with van der Waals surface area (Å²) in [5, 5.41) is 10.5. The summed E-state index contributed by atoms with van der Waals surface area (Å²) in [5.74, 6) is 0.119. The lowest BCUT2D eigenvalue weighted by Gasteiger charge is -2.10. The lowest BCUT2D eigenvalue weighted by molar-refractivity contribution is -0.141. The topological polar surface area (TPSA) is 64.1 Å². The first kappa shape index (κ1) is 10.7. The van der Waals surface area contributed by atoms with Crippen molar-refractivity contribution in [3.8, 4) is 0 Å². The van der Waals surface area contributed by atoms with Crippen LogP contribution in [-0.4, -0.2) is 29.3 Å². The van der Waals surface area contributed by atoms with Gasteiger partial charge < -0.3 is 10.1 Å². The molecule has 1 aromatic rings. The summed E-state index contributed by atoms with van der Waals surface area (Å²) in [6, 6.07) is 2.76. The zero-order valence-corrected chi connectivity index (χ0v) is 8.58. The van der Waals surface area contributed by atoms with E-state index in [2.05, 4.69) is 20.3 Å². The lowest BCUT2D eigenvalue weighted by atomic mass is 10.3. The minimum Gasteiger partial charge on any atom is -0.467 e. The molecule has 1 atom stereocenters. The molecule has 0 saturated heterocycles. The molecule has 6 heteroatoms. The largest absolute Gasteiger partial charge is 0.467 e. The normalized spacial score (nSPS) is 11.9. The maximum atomic E-state index is 11.0. The number of hydrogen-bond acceptors (Lipinski definition) is 5. The number of halogens is 1. The van der Waals surface area contributed by atoms with Crippen molar-refractivity contribution in [2.24, 2.45) is 0 Å². The maximum absolute atomic E-state index is 11.0. The van der Waals surface area contributed by atoms with Gasteiger partial charge >= 0.3 is 5.97 Å². The van der Waals surface area contributed by atoms with Crippen molar-refractivity contribution in [1.29, 1.82) is 0 Å². The Kier molecular flexibility index (Phi) is 3.64. The van der Waals surface area contributed by atoms with E-state index in [-0.39, 0.29) is 5.97 Å². The SMILES string of the molecule is COC(=O)C(C)Nc1ccc(Cl)nn1. The number of nitrogens with zero attached hydrogens (tertiary/aromatic N) is 2. The molecular weight excluding hydrogens is 206 g/mol. The summed E-state index contributed by atoms with van der Waals surface area (Å²) < 4.78 is 4.53. The second kappa shape index (κ2) is 4.76. The predicted octanol–water partition coefficient (Wildman–Crippen LogP) is 1.10. The first-order valence-corrected chi connectivity index (χ1v) is 4.35. The Labute approximate surface area is 86.4 Å². The molecule has 0 aliphatic heterocycles. The average Bonchev–Trinajstić information content (AvgIpc) is 2.20. The molecule has 0 fully saturated rings. The highest BCUT2D eigenvalue weighted by molar-refractivity contribution is 6.29. The molecule has 0 saturated carbocycles. The Balaban J connectivity index is 2.60. The number of carbonyl (C=O) groups is 1. The number of rotatable bonds is 3. The third-order valence-electron chi connectivity index (χ3n) is 1.55. The molecule has 1 unspecified atom stereocenters. The van der Waals surface area contributed by atoms with Gasteiger partial charge in [-0.3, -0.25) is 0 Å². The maximum Gasteiger partial charge on any atom is 0.328 e. The summed E-state index contributed by atoms with van der Waals surface area (Å²) in [6.07, 6.45) is 0. The molecular formula is C8H10ClN3O2. The molecule has 1 rings (SSSR count). The Morgan fingerprint density at radius 1 is 1.57 bits per heavy atom. The second-order valence-corrected chi connectivity index (χ2v) is 3.02. The van der Waals surface area contributed by atoms with Crippen LogP contribution in [0.2, 0.25) is 5.15 Å². The zero-order valence-electron chi connectivity index (χ0n) is 7.82. The molecule has 0 spiro atoms. The number of hydrogen-bond donors (Lipinski definition) is 1. The summed E-state index contributed by atoms with van der Waals surface area (Å²) in [7, 11) is 1.33. The Bertz CT molecular complexity index is 315. The summed E-state index contributed by atoms with van der Waals surface area (Å²) >= 11 is 5.55. The van der Waals surface area contributed by atoms with Gasteiger partial charge in [0.1, 0.15) is 11.9 Å². The van der Waals surface area contributed by atoms with E-state index in [1.165, 1.54) is 7.11 Å². The van der Waals surface area contributed by atoms with Gasteiger partial charge in [0.15, 0.2) is 5.15 Å². The van der Waals surface area contributed by atoms with E-state index in [0.717, 1.165) is 0 Å². The highest BCUT2D eigenvalue weighted by Gasteiger charge is 2.12. The van der Waals surface area contributed by atoms with E-state index in [1.807, 2.05) is 0 Å². The second-order valence-electron chi connectivity index (χ2n) is 2.63. The number of methoxy groups -OCH3 is 1. The fourth-order valence-electron chi connectivity index (χ4n) is 0.851. The first-order valence-electron chi connectivity index (χ1n) is 3.97. The number of anilines is 1. The van der Waals surface area contributed by atoms with Crippen molar-refractivity contribution in [3.05, 3.63) is 17.3 Å². The van der Waals surface area contributed by atoms with Crippen molar-refractivity contribution < 1.29 is 9.53 Å². The molecule has 0 bridgehead atoms. The van der Waals surface area contributed by atoms with Gasteiger partial charge in [0.25, 0.3) is 0 Å². The van der Waals surface area contributed by atoms with E-state index < -0.39 is 6.04 Å². The number of carbonyl (C=O) groups excluding carboxylic acids is 1. The number of ether oxygens (including phenoxy) is 1. The Morgan fingerprint density at radius 2 is 2.29 bits per heavy atom. The van der Waals surface area contributed by atoms with Crippen LogP contribution in [0.4, 0.5) is 5.82 Å². The monoisotopic (exact) mass is 215 g/mol. The van der Waals surface area contributed by atoms with Gasteiger partial charge in [0, 0.05) is 0 Å². The lowest BCUT2D eigenvalue weighted by Crippen LogP contribution is -2.27.